The number of benzene rings is 2. The lowest BCUT2D eigenvalue weighted by atomic mass is 10.0. The van der Waals surface area contributed by atoms with E-state index in [1.165, 1.54) is 0 Å². The van der Waals surface area contributed by atoms with Crippen molar-refractivity contribution < 1.29 is 61.8 Å². The molecule has 0 aliphatic rings. The number of ketones is 1. The van der Waals surface area contributed by atoms with Crippen molar-refractivity contribution in [3.8, 4) is 18.1 Å². The fourth-order valence-corrected chi connectivity index (χ4v) is 5.02. The van der Waals surface area contributed by atoms with Gasteiger partial charge in [-0.05, 0) is 55.7 Å². The fraction of sp³-hybridized carbons (Fsp3) is 0.457. The van der Waals surface area contributed by atoms with Crippen molar-refractivity contribution in [1.29, 1.82) is 0 Å². The van der Waals surface area contributed by atoms with E-state index in [0.29, 0.717) is 54.7 Å². The van der Waals surface area contributed by atoms with Gasteiger partial charge < -0.3 is 35.3 Å². The number of hydrogen-bond acceptors (Lipinski definition) is 12. The average Bonchev–Trinajstić information content (AvgIpc) is 3.12. The molecule has 0 aromatic heterocycles. The van der Waals surface area contributed by atoms with Crippen molar-refractivity contribution in [3.05, 3.63) is 65.2 Å². The van der Waals surface area contributed by atoms with E-state index in [2.05, 4.69) is 15.8 Å². The van der Waals surface area contributed by atoms with Crippen LogP contribution in [0.2, 0.25) is 0 Å². The molecule has 3 atom stereocenters. The van der Waals surface area contributed by atoms with Crippen LogP contribution in [-0.2, 0) is 37.5 Å². The zero-order valence-corrected chi connectivity index (χ0v) is 29.3. The highest BCUT2D eigenvalue weighted by atomic mass is 31.2. The number of unbranched alkanes of at least 4 members (excludes halogenated alkanes) is 4. The third-order valence-electron chi connectivity index (χ3n) is 7.06. The van der Waals surface area contributed by atoms with Gasteiger partial charge in [-0.1, -0.05) is 44.2 Å². The molecule has 0 saturated carbocycles. The molecular weight excluding hydrogens is 687 g/mol. The molecule has 0 spiro atoms. The first-order chi connectivity index (χ1) is 24.3. The standard InChI is InChI=1S/C35H45N2O13P/c1-3-5-7-11-32(39)50-29(23-48-51(44,45)49-24-30(36)35(42)43)22-47-31(38)10-8-6-9-20-37-34(41)27-14-12-25(13-15-27)33(40)26-16-18-28(19-17-26)46-21-4-2/h2,12-19,29-30H,3,5-11,20-24,36H2,1H3,(H,37,41)(H,42,43)(H,44,45)/t29-,30+/m1/s1. The maximum absolute atomic E-state index is 12.8. The van der Waals surface area contributed by atoms with Gasteiger partial charge in [0.05, 0.1) is 13.2 Å². The van der Waals surface area contributed by atoms with E-state index in [1.54, 1.807) is 48.5 Å². The Labute approximate surface area is 296 Å². The lowest BCUT2D eigenvalue weighted by Gasteiger charge is -2.20. The van der Waals surface area contributed by atoms with Gasteiger partial charge in [-0.2, -0.15) is 0 Å². The number of nitrogens with two attached hydrogens (primary N) is 1. The largest absolute Gasteiger partial charge is 0.481 e. The van der Waals surface area contributed by atoms with Crippen molar-refractivity contribution in [3.63, 3.8) is 0 Å². The minimum absolute atomic E-state index is 0.0246. The quantitative estimate of drug-likeness (QED) is 0.0375. The van der Waals surface area contributed by atoms with Gasteiger partial charge in [0, 0.05) is 36.1 Å². The van der Waals surface area contributed by atoms with Gasteiger partial charge in [0.2, 0.25) is 0 Å². The molecule has 0 aliphatic carbocycles. The summed E-state index contributed by atoms with van der Waals surface area (Å²) in [6.45, 7) is 0.500. The van der Waals surface area contributed by atoms with Crippen LogP contribution < -0.4 is 15.8 Å². The molecule has 16 heteroatoms. The van der Waals surface area contributed by atoms with Gasteiger partial charge in [0.1, 0.15) is 25.0 Å². The number of phosphoric ester groups is 1. The van der Waals surface area contributed by atoms with E-state index in [0.717, 1.165) is 12.8 Å². The summed E-state index contributed by atoms with van der Waals surface area (Å²) >= 11 is 0. The fourth-order valence-electron chi connectivity index (χ4n) is 4.24. The highest BCUT2D eigenvalue weighted by Gasteiger charge is 2.28. The Morgan fingerprint density at radius 2 is 1.43 bits per heavy atom. The molecule has 0 bridgehead atoms. The Morgan fingerprint density at radius 1 is 0.843 bits per heavy atom. The van der Waals surface area contributed by atoms with E-state index in [9.17, 15) is 33.4 Å². The predicted octanol–water partition coefficient (Wildman–Crippen LogP) is 3.80. The first-order valence-electron chi connectivity index (χ1n) is 16.4. The van der Waals surface area contributed by atoms with Crippen molar-refractivity contribution in [2.24, 2.45) is 5.73 Å². The number of phosphoric acid groups is 1. The van der Waals surface area contributed by atoms with E-state index in [1.807, 2.05) is 6.92 Å². The number of rotatable bonds is 25. The van der Waals surface area contributed by atoms with Crippen molar-refractivity contribution in [1.82, 2.24) is 5.32 Å². The van der Waals surface area contributed by atoms with Crippen LogP contribution in [0.15, 0.2) is 48.5 Å². The number of carboxylic acid groups (broad SMARTS) is 1. The molecule has 51 heavy (non-hydrogen) atoms. The summed E-state index contributed by atoms with van der Waals surface area (Å²) in [5.41, 5.74) is 6.51. The minimum atomic E-state index is -4.76. The predicted molar refractivity (Wildman–Crippen MR) is 184 cm³/mol. The zero-order chi connectivity index (χ0) is 37.6. The van der Waals surface area contributed by atoms with Crippen molar-refractivity contribution >= 4 is 37.4 Å². The van der Waals surface area contributed by atoms with Gasteiger partial charge in [-0.25, -0.2) is 4.57 Å². The van der Waals surface area contributed by atoms with Crippen LogP contribution in [-0.4, -0.2) is 84.7 Å². The van der Waals surface area contributed by atoms with Crippen LogP contribution in [0.3, 0.4) is 0 Å². The van der Waals surface area contributed by atoms with Crippen LogP contribution in [0.5, 0.6) is 5.75 Å². The molecule has 0 aliphatic heterocycles. The van der Waals surface area contributed by atoms with Gasteiger partial charge in [-0.15, -0.1) is 6.42 Å². The third kappa shape index (κ3) is 17.3. The maximum atomic E-state index is 12.8. The van der Waals surface area contributed by atoms with Crippen LogP contribution in [0.4, 0.5) is 0 Å². The second-order valence-corrected chi connectivity index (χ2v) is 12.7. The SMILES string of the molecule is C#CCOc1ccc(C(=O)c2ccc(C(=O)NCCCCCC(=O)OC[C@H](COP(=O)(O)OC[C@H](N)C(=O)O)OC(=O)CCCCC)cc2)cc1. The number of hydrogen-bond donors (Lipinski definition) is 4. The summed E-state index contributed by atoms with van der Waals surface area (Å²) in [4.78, 5) is 70.5. The monoisotopic (exact) mass is 732 g/mol. The molecule has 1 unspecified atom stereocenters. The third-order valence-corrected chi connectivity index (χ3v) is 8.01. The number of ether oxygens (including phenoxy) is 3. The Kier molecular flexibility index (Phi) is 19.2. The second kappa shape index (κ2) is 23.0. The maximum Gasteiger partial charge on any atom is 0.472 e. The number of nitrogens with one attached hydrogen (secondary N) is 1. The smallest absolute Gasteiger partial charge is 0.472 e. The first-order valence-corrected chi connectivity index (χ1v) is 17.9. The van der Waals surface area contributed by atoms with Gasteiger partial charge in [-0.3, -0.25) is 33.0 Å². The lowest BCUT2D eigenvalue weighted by Crippen LogP contribution is -2.34. The number of carbonyl (C=O) groups excluding carboxylic acids is 4. The summed E-state index contributed by atoms with van der Waals surface area (Å²) in [5, 5.41) is 11.6. The molecule has 0 radical (unpaired) electrons. The summed E-state index contributed by atoms with van der Waals surface area (Å²) in [6, 6.07) is 11.3. The number of carboxylic acids is 1. The number of esters is 2. The van der Waals surface area contributed by atoms with Crippen LogP contribution in [0.25, 0.3) is 0 Å². The second-order valence-electron chi connectivity index (χ2n) is 11.2. The Hall–Kier alpha value is -4.58. The topological polar surface area (TPSA) is 227 Å². The molecule has 278 valence electrons. The first kappa shape index (κ1) is 42.6. The highest BCUT2D eigenvalue weighted by Crippen LogP contribution is 2.43. The molecule has 0 fully saturated rings. The Balaban J connectivity index is 1.73. The van der Waals surface area contributed by atoms with Crippen LogP contribution in [0, 0.1) is 12.3 Å². The van der Waals surface area contributed by atoms with Gasteiger partial charge >= 0.3 is 25.7 Å². The molecule has 2 aromatic carbocycles. The van der Waals surface area contributed by atoms with Crippen LogP contribution >= 0.6 is 7.82 Å². The Morgan fingerprint density at radius 3 is 2.06 bits per heavy atom. The van der Waals surface area contributed by atoms with E-state index >= 15 is 0 Å². The van der Waals surface area contributed by atoms with Crippen LogP contribution in [0.1, 0.15) is 84.6 Å². The van der Waals surface area contributed by atoms with Crippen molar-refractivity contribution in [2.75, 3.05) is 33.0 Å². The summed E-state index contributed by atoms with van der Waals surface area (Å²) in [6.07, 6.45) is 7.86. The normalized spacial score (nSPS) is 13.1. The van der Waals surface area contributed by atoms with E-state index < -0.39 is 57.7 Å². The number of terminal acetylenes is 1. The van der Waals surface area contributed by atoms with Gasteiger partial charge in [0.25, 0.3) is 5.91 Å². The molecule has 1 amide bonds. The molecule has 0 heterocycles. The van der Waals surface area contributed by atoms with E-state index in [-0.39, 0.29) is 31.1 Å². The van der Waals surface area contributed by atoms with Gasteiger partial charge in [0.15, 0.2) is 11.9 Å². The summed E-state index contributed by atoms with van der Waals surface area (Å²) < 4.78 is 37.3. The lowest BCUT2D eigenvalue weighted by molar-refractivity contribution is -0.161. The van der Waals surface area contributed by atoms with E-state index in [4.69, 9.17) is 36.0 Å². The minimum Gasteiger partial charge on any atom is -0.481 e. The Bertz CT molecular complexity index is 1520. The zero-order valence-electron chi connectivity index (χ0n) is 28.5. The molecule has 15 nitrogen and oxygen atoms in total. The molecule has 2 rings (SSSR count). The summed E-state index contributed by atoms with van der Waals surface area (Å²) in [7, 11) is -4.76. The molecule has 5 N–H and O–H groups in total. The highest BCUT2D eigenvalue weighted by molar-refractivity contribution is 7.47. The molecule has 2 aromatic rings. The summed E-state index contributed by atoms with van der Waals surface area (Å²) in [5.74, 6) is -0.278. The molecule has 0 saturated heterocycles. The number of amides is 1. The number of carbonyl (C=O) groups is 5. The van der Waals surface area contributed by atoms with Crippen molar-refractivity contribution in [2.45, 2.75) is 70.4 Å². The average molecular weight is 733 g/mol. The number of aliphatic carboxylic acids is 1. The molecular formula is C35H45N2O13P.